The summed E-state index contributed by atoms with van der Waals surface area (Å²) in [7, 11) is 0. The molecule has 2 heterocycles. The highest BCUT2D eigenvalue weighted by Gasteiger charge is 2.34. The summed E-state index contributed by atoms with van der Waals surface area (Å²) in [5.74, 6) is 0.0133. The maximum Gasteiger partial charge on any atom is 0.259 e. The van der Waals surface area contributed by atoms with Crippen LogP contribution < -0.4 is 0 Å². The molecule has 5 aromatic rings. The van der Waals surface area contributed by atoms with E-state index >= 15 is 0 Å². The van der Waals surface area contributed by atoms with E-state index in [0.29, 0.717) is 23.1 Å². The Balaban J connectivity index is 1.27. The summed E-state index contributed by atoms with van der Waals surface area (Å²) in [6.45, 7) is 5.77. The molecular formula is C40H42N2O2S2. The molecule has 0 aromatic heterocycles. The number of hydrogen-bond acceptors (Lipinski definition) is 4. The summed E-state index contributed by atoms with van der Waals surface area (Å²) in [6, 6.07) is 16.7. The average molecular weight is 647 g/mol. The van der Waals surface area contributed by atoms with Gasteiger partial charge >= 0.3 is 0 Å². The summed E-state index contributed by atoms with van der Waals surface area (Å²) in [6.07, 6.45) is 14.0. The van der Waals surface area contributed by atoms with Crippen molar-refractivity contribution in [3.63, 3.8) is 0 Å². The van der Waals surface area contributed by atoms with E-state index in [0.717, 1.165) is 91.0 Å². The van der Waals surface area contributed by atoms with E-state index in [1.165, 1.54) is 51.4 Å². The van der Waals surface area contributed by atoms with Crippen LogP contribution in [0, 0.1) is 0 Å². The largest absolute Gasteiger partial charge is 0.299 e. The van der Waals surface area contributed by atoms with Crippen molar-refractivity contribution in [2.45, 2.75) is 90.9 Å². The molecule has 0 N–H and O–H groups in total. The number of unbranched alkanes of at least 4 members (excludes halogenated alkanes) is 10. The van der Waals surface area contributed by atoms with Crippen LogP contribution in [0.5, 0.6) is 0 Å². The second-order valence-corrected chi connectivity index (χ2v) is 14.0. The molecule has 0 radical (unpaired) electrons. The number of amides is 2. The van der Waals surface area contributed by atoms with E-state index in [1.54, 1.807) is 0 Å². The summed E-state index contributed by atoms with van der Waals surface area (Å²) in [5, 5.41) is 8.41. The standard InChI is InChI=1S/C40H42N2O2S2/c1-3-5-7-9-11-13-23-41-37(43)29-19-15-25-28-18-22-32-36-30(38(44)42(40(32)46)24-14-12-10-8-6-4-2)20-16-26(34(28)36)27-17-21-31(39(41)45)35(29)33(25)27/h15-22H,3-14,23-24H2,1-2H3. The molecule has 0 saturated heterocycles. The lowest BCUT2D eigenvalue weighted by atomic mass is 9.82. The Kier molecular flexibility index (Phi) is 8.77. The monoisotopic (exact) mass is 646 g/mol. The lowest BCUT2D eigenvalue weighted by Crippen LogP contribution is -2.40. The minimum atomic E-state index is 0.00667. The third-order valence-electron chi connectivity index (χ3n) is 10.3. The van der Waals surface area contributed by atoms with Crippen molar-refractivity contribution in [2.75, 3.05) is 13.1 Å². The van der Waals surface area contributed by atoms with E-state index in [9.17, 15) is 9.59 Å². The molecule has 236 valence electrons. The molecule has 0 atom stereocenters. The van der Waals surface area contributed by atoms with Crippen molar-refractivity contribution < 1.29 is 9.59 Å². The molecule has 0 unspecified atom stereocenters. The Morgan fingerprint density at radius 2 is 0.761 bits per heavy atom. The molecule has 6 heteroatoms. The van der Waals surface area contributed by atoms with Crippen molar-refractivity contribution in [3.8, 4) is 0 Å². The number of rotatable bonds is 14. The van der Waals surface area contributed by atoms with Gasteiger partial charge in [-0.15, -0.1) is 0 Å². The zero-order chi connectivity index (χ0) is 31.9. The van der Waals surface area contributed by atoms with Crippen LogP contribution in [-0.4, -0.2) is 44.7 Å². The van der Waals surface area contributed by atoms with Crippen molar-refractivity contribution in [2.24, 2.45) is 0 Å². The van der Waals surface area contributed by atoms with Gasteiger partial charge in [0, 0.05) is 46.1 Å². The fourth-order valence-electron chi connectivity index (χ4n) is 7.87. The van der Waals surface area contributed by atoms with Gasteiger partial charge in [-0.25, -0.2) is 0 Å². The molecule has 2 aliphatic rings. The van der Waals surface area contributed by atoms with Crippen LogP contribution in [-0.2, 0) is 0 Å². The Bertz CT molecular complexity index is 1760. The van der Waals surface area contributed by atoms with Gasteiger partial charge in [0.2, 0.25) is 0 Å². The first-order valence-electron chi connectivity index (χ1n) is 17.4. The molecule has 5 aromatic carbocycles. The van der Waals surface area contributed by atoms with Crippen molar-refractivity contribution in [1.82, 2.24) is 9.80 Å². The normalized spacial score (nSPS) is 14.7. The summed E-state index contributed by atoms with van der Waals surface area (Å²) >= 11 is 12.0. The first-order valence-corrected chi connectivity index (χ1v) is 18.2. The highest BCUT2D eigenvalue weighted by Crippen LogP contribution is 2.46. The number of fused-ring (bicyclic) bond motifs is 2. The van der Waals surface area contributed by atoms with Gasteiger partial charge < -0.3 is 0 Å². The minimum absolute atomic E-state index is 0.00667. The molecule has 46 heavy (non-hydrogen) atoms. The molecule has 7 rings (SSSR count). The first kappa shape index (κ1) is 31.1. The van der Waals surface area contributed by atoms with Gasteiger partial charge in [0.25, 0.3) is 11.8 Å². The lowest BCUT2D eigenvalue weighted by Gasteiger charge is -2.32. The Morgan fingerprint density at radius 1 is 0.435 bits per heavy atom. The predicted molar refractivity (Wildman–Crippen MR) is 200 cm³/mol. The van der Waals surface area contributed by atoms with E-state index in [1.807, 2.05) is 21.9 Å². The van der Waals surface area contributed by atoms with E-state index in [-0.39, 0.29) is 11.8 Å². The number of carbonyl (C=O) groups is 2. The number of nitrogens with zero attached hydrogens (tertiary/aromatic N) is 2. The summed E-state index contributed by atoms with van der Waals surface area (Å²) in [4.78, 5) is 32.7. The van der Waals surface area contributed by atoms with Crippen molar-refractivity contribution in [1.29, 1.82) is 0 Å². The van der Waals surface area contributed by atoms with Gasteiger partial charge in [0.15, 0.2) is 0 Å². The maximum absolute atomic E-state index is 13.9. The smallest absolute Gasteiger partial charge is 0.259 e. The van der Waals surface area contributed by atoms with Gasteiger partial charge in [0.05, 0.1) is 0 Å². The Labute approximate surface area is 282 Å². The molecule has 0 aliphatic carbocycles. The highest BCUT2D eigenvalue weighted by atomic mass is 32.1. The first-order chi connectivity index (χ1) is 22.5. The summed E-state index contributed by atoms with van der Waals surface area (Å²) < 4.78 is 0. The molecule has 2 aliphatic heterocycles. The van der Waals surface area contributed by atoms with Gasteiger partial charge in [-0.05, 0) is 57.3 Å². The third kappa shape index (κ3) is 5.00. The Hall–Kier alpha value is -3.48. The second kappa shape index (κ2) is 13.0. The van der Waals surface area contributed by atoms with Gasteiger partial charge in [-0.1, -0.05) is 139 Å². The van der Waals surface area contributed by atoms with E-state index < -0.39 is 0 Å². The zero-order valence-corrected chi connectivity index (χ0v) is 28.7. The lowest BCUT2D eigenvalue weighted by molar-refractivity contribution is 0.0839. The molecule has 0 saturated carbocycles. The third-order valence-corrected chi connectivity index (χ3v) is 11.2. The quantitative estimate of drug-likeness (QED) is 0.0521. The maximum atomic E-state index is 13.9. The fourth-order valence-corrected chi connectivity index (χ4v) is 8.56. The van der Waals surface area contributed by atoms with Crippen LogP contribution in [0.25, 0.3) is 43.1 Å². The van der Waals surface area contributed by atoms with Crippen LogP contribution in [0.2, 0.25) is 0 Å². The van der Waals surface area contributed by atoms with Gasteiger partial charge in [-0.2, -0.15) is 0 Å². The van der Waals surface area contributed by atoms with E-state index in [2.05, 4.69) is 50.2 Å². The molecule has 0 bridgehead atoms. The zero-order valence-electron chi connectivity index (χ0n) is 27.0. The van der Waals surface area contributed by atoms with E-state index in [4.69, 9.17) is 24.4 Å². The van der Waals surface area contributed by atoms with Crippen molar-refractivity contribution in [3.05, 3.63) is 70.8 Å². The van der Waals surface area contributed by atoms with Crippen LogP contribution >= 0.6 is 24.4 Å². The summed E-state index contributed by atoms with van der Waals surface area (Å²) in [5.41, 5.74) is 3.38. The Morgan fingerprint density at radius 3 is 1.13 bits per heavy atom. The number of thiocarbonyl (C=S) groups is 2. The van der Waals surface area contributed by atoms with Crippen molar-refractivity contribution >= 4 is 89.3 Å². The minimum Gasteiger partial charge on any atom is -0.299 e. The highest BCUT2D eigenvalue weighted by molar-refractivity contribution is 7.81. The predicted octanol–water partition coefficient (Wildman–Crippen LogP) is 10.7. The van der Waals surface area contributed by atoms with Crippen LogP contribution in [0.3, 0.4) is 0 Å². The molecular weight excluding hydrogens is 605 g/mol. The molecule has 0 spiro atoms. The SMILES string of the molecule is CCCCCCCCN1C(=O)c2ccc3c4ccc5c6c(ccc(c7ccc(c2c37)C1=S)c64)C(=O)N(CCCCCCCC)C5=S. The van der Waals surface area contributed by atoms with Crippen LogP contribution in [0.15, 0.2) is 48.5 Å². The van der Waals surface area contributed by atoms with Gasteiger partial charge in [-0.3, -0.25) is 19.4 Å². The number of benzene rings is 5. The van der Waals surface area contributed by atoms with Crippen LogP contribution in [0.1, 0.15) is 123 Å². The average Bonchev–Trinajstić information content (AvgIpc) is 3.07. The fraction of sp³-hybridized carbons (Fsp3) is 0.400. The topological polar surface area (TPSA) is 40.6 Å². The molecule has 2 amide bonds. The number of hydrogen-bond donors (Lipinski definition) is 0. The van der Waals surface area contributed by atoms with Crippen LogP contribution in [0.4, 0.5) is 0 Å². The molecule has 0 fully saturated rings. The van der Waals surface area contributed by atoms with Gasteiger partial charge in [0.1, 0.15) is 9.98 Å². The number of carbonyl (C=O) groups excluding carboxylic acids is 2. The molecule has 4 nitrogen and oxygen atoms in total. The second-order valence-electron chi connectivity index (χ2n) is 13.2.